The lowest BCUT2D eigenvalue weighted by molar-refractivity contribution is -0.137. The molecule has 1 atom stereocenters. The lowest BCUT2D eigenvalue weighted by Gasteiger charge is -2.39. The van der Waals surface area contributed by atoms with E-state index in [2.05, 4.69) is 41.0 Å². The first kappa shape index (κ1) is 22.7. The van der Waals surface area contributed by atoms with Crippen LogP contribution in [-0.2, 0) is 6.18 Å². The summed E-state index contributed by atoms with van der Waals surface area (Å²) < 4.78 is 39.1. The van der Waals surface area contributed by atoms with E-state index in [1.165, 1.54) is 12.1 Å². The van der Waals surface area contributed by atoms with Crippen LogP contribution >= 0.6 is 0 Å². The van der Waals surface area contributed by atoms with Gasteiger partial charge in [0.15, 0.2) is 5.96 Å². The Kier molecular flexibility index (Phi) is 7.46. The predicted octanol–water partition coefficient (Wildman–Crippen LogP) is 2.04. The maximum Gasteiger partial charge on any atom is 0.416 e. The van der Waals surface area contributed by atoms with Crippen LogP contribution in [-0.4, -0.2) is 99.7 Å². The summed E-state index contributed by atoms with van der Waals surface area (Å²) in [7, 11) is 4.29. The number of guanidine groups is 1. The van der Waals surface area contributed by atoms with E-state index in [-0.39, 0.29) is 0 Å². The number of rotatable bonds is 4. The summed E-state index contributed by atoms with van der Waals surface area (Å²) in [6, 6.07) is 5.98. The third-order valence-electron chi connectivity index (χ3n) is 5.88. The topological polar surface area (TPSA) is 37.4 Å². The third-order valence-corrected chi connectivity index (χ3v) is 5.88. The summed E-state index contributed by atoms with van der Waals surface area (Å²) >= 11 is 0. The molecule has 0 amide bonds. The van der Waals surface area contributed by atoms with Crippen LogP contribution in [0.5, 0.6) is 0 Å². The number of nitrogens with zero attached hydrogens (tertiary/aromatic N) is 5. The van der Waals surface area contributed by atoms with Crippen molar-refractivity contribution < 1.29 is 13.2 Å². The summed E-state index contributed by atoms with van der Waals surface area (Å²) in [4.78, 5) is 13.8. The molecule has 3 rings (SSSR count). The van der Waals surface area contributed by atoms with Crippen molar-refractivity contribution in [1.29, 1.82) is 0 Å². The molecule has 0 bridgehead atoms. The number of aliphatic imine (C=N–C) groups is 1. The zero-order valence-corrected chi connectivity index (χ0v) is 18.1. The predicted molar refractivity (Wildman–Crippen MR) is 115 cm³/mol. The summed E-state index contributed by atoms with van der Waals surface area (Å²) in [5, 5.41) is 3.38. The minimum Gasteiger partial charge on any atom is -0.368 e. The van der Waals surface area contributed by atoms with Crippen LogP contribution in [0.25, 0.3) is 0 Å². The van der Waals surface area contributed by atoms with Crippen molar-refractivity contribution in [2.24, 2.45) is 4.99 Å². The Morgan fingerprint density at radius 1 is 1.10 bits per heavy atom. The van der Waals surface area contributed by atoms with Gasteiger partial charge in [-0.25, -0.2) is 0 Å². The van der Waals surface area contributed by atoms with E-state index in [1.807, 2.05) is 4.90 Å². The third kappa shape index (κ3) is 5.78. The van der Waals surface area contributed by atoms with Gasteiger partial charge in [-0.2, -0.15) is 13.2 Å². The summed E-state index contributed by atoms with van der Waals surface area (Å²) in [5.41, 5.74) is 0.0252. The van der Waals surface area contributed by atoms with Gasteiger partial charge < -0.3 is 20.0 Å². The zero-order valence-electron chi connectivity index (χ0n) is 18.1. The summed E-state index contributed by atoms with van der Waals surface area (Å²) in [6.45, 7) is 9.47. The molecule has 2 fully saturated rings. The van der Waals surface area contributed by atoms with Crippen LogP contribution < -0.4 is 10.2 Å². The number of piperazine rings is 2. The minimum atomic E-state index is -4.32. The van der Waals surface area contributed by atoms with Crippen LogP contribution in [0.3, 0.4) is 0 Å². The van der Waals surface area contributed by atoms with Crippen LogP contribution in [0.1, 0.15) is 12.5 Å². The standard InChI is InChI=1S/C21H33F3N6/c1-4-25-20(26-15-19-16-27(2)8-9-28(19)3)30-12-10-29(11-13-30)18-7-5-6-17(14-18)21(22,23)24/h5-7,14,19H,4,8-13,15-16H2,1-3H3,(H,25,26). The molecule has 0 spiro atoms. The number of anilines is 1. The SMILES string of the molecule is CCNC(=NCC1CN(C)CCN1C)N1CCN(c2cccc(C(F)(F)F)c2)CC1. The Morgan fingerprint density at radius 2 is 1.83 bits per heavy atom. The number of nitrogens with one attached hydrogen (secondary N) is 1. The molecule has 2 aliphatic rings. The lowest BCUT2D eigenvalue weighted by Crippen LogP contribution is -2.54. The molecule has 0 saturated carbocycles. The van der Waals surface area contributed by atoms with Crippen molar-refractivity contribution in [3.63, 3.8) is 0 Å². The van der Waals surface area contributed by atoms with Gasteiger partial charge in [0.25, 0.3) is 0 Å². The van der Waals surface area contributed by atoms with Crippen molar-refractivity contribution in [3.8, 4) is 0 Å². The smallest absolute Gasteiger partial charge is 0.368 e. The molecule has 1 aromatic carbocycles. The number of benzene rings is 1. The maximum absolute atomic E-state index is 13.0. The normalized spacial score (nSPS) is 22.5. The van der Waals surface area contributed by atoms with Crippen LogP contribution in [0.15, 0.2) is 29.3 Å². The summed E-state index contributed by atoms with van der Waals surface area (Å²) in [5.74, 6) is 0.891. The molecule has 1 unspecified atom stereocenters. The molecule has 2 heterocycles. The van der Waals surface area contributed by atoms with E-state index in [9.17, 15) is 13.2 Å². The number of alkyl halides is 3. The Hall–Kier alpha value is -2.00. The van der Waals surface area contributed by atoms with E-state index < -0.39 is 11.7 Å². The van der Waals surface area contributed by atoms with Crippen molar-refractivity contribution in [3.05, 3.63) is 29.8 Å². The Balaban J connectivity index is 1.61. The van der Waals surface area contributed by atoms with E-state index in [4.69, 9.17) is 4.99 Å². The van der Waals surface area contributed by atoms with Gasteiger partial charge in [-0.05, 0) is 39.2 Å². The molecule has 168 valence electrons. The van der Waals surface area contributed by atoms with Crippen molar-refractivity contribution in [1.82, 2.24) is 20.0 Å². The molecular weight excluding hydrogens is 393 g/mol. The van der Waals surface area contributed by atoms with Gasteiger partial charge in [0.05, 0.1) is 12.1 Å². The fraction of sp³-hybridized carbons (Fsp3) is 0.667. The monoisotopic (exact) mass is 426 g/mol. The average molecular weight is 427 g/mol. The first-order valence-electron chi connectivity index (χ1n) is 10.6. The minimum absolute atomic E-state index is 0.392. The molecule has 9 heteroatoms. The second kappa shape index (κ2) is 9.87. The van der Waals surface area contributed by atoms with Gasteiger partial charge in [0, 0.05) is 64.1 Å². The van der Waals surface area contributed by atoms with E-state index in [0.717, 1.165) is 57.8 Å². The van der Waals surface area contributed by atoms with Crippen LogP contribution in [0.2, 0.25) is 0 Å². The first-order valence-corrected chi connectivity index (χ1v) is 10.6. The molecule has 6 nitrogen and oxygen atoms in total. The highest BCUT2D eigenvalue weighted by atomic mass is 19.4. The van der Waals surface area contributed by atoms with Crippen LogP contribution in [0, 0.1) is 0 Å². The average Bonchev–Trinajstić information content (AvgIpc) is 2.73. The molecule has 0 radical (unpaired) electrons. The Morgan fingerprint density at radius 3 is 2.50 bits per heavy atom. The highest BCUT2D eigenvalue weighted by Crippen LogP contribution is 2.31. The molecular formula is C21H33F3N6. The second-order valence-electron chi connectivity index (χ2n) is 8.11. The van der Waals surface area contributed by atoms with E-state index in [0.29, 0.717) is 24.8 Å². The van der Waals surface area contributed by atoms with Crippen molar-refractivity contribution >= 4 is 11.6 Å². The zero-order chi connectivity index (χ0) is 21.7. The highest BCUT2D eigenvalue weighted by Gasteiger charge is 2.31. The van der Waals surface area contributed by atoms with Crippen molar-refractivity contribution in [2.45, 2.75) is 19.1 Å². The van der Waals surface area contributed by atoms with Gasteiger partial charge in [0.2, 0.25) is 0 Å². The van der Waals surface area contributed by atoms with Gasteiger partial charge in [-0.1, -0.05) is 6.07 Å². The molecule has 1 aromatic rings. The number of hydrogen-bond acceptors (Lipinski definition) is 4. The second-order valence-corrected chi connectivity index (χ2v) is 8.11. The van der Waals surface area contributed by atoms with Gasteiger partial charge >= 0.3 is 6.18 Å². The number of likely N-dealkylation sites (N-methyl/N-ethyl adjacent to an activating group) is 2. The van der Waals surface area contributed by atoms with Gasteiger partial charge in [-0.15, -0.1) is 0 Å². The number of hydrogen-bond donors (Lipinski definition) is 1. The Labute approximate surface area is 177 Å². The van der Waals surface area contributed by atoms with Crippen molar-refractivity contribution in [2.75, 3.05) is 77.9 Å². The van der Waals surface area contributed by atoms with Gasteiger partial charge in [-0.3, -0.25) is 9.89 Å². The van der Waals surface area contributed by atoms with E-state index >= 15 is 0 Å². The summed E-state index contributed by atoms with van der Waals surface area (Å²) in [6.07, 6.45) is -4.32. The Bertz CT molecular complexity index is 715. The fourth-order valence-electron chi connectivity index (χ4n) is 3.97. The molecule has 2 saturated heterocycles. The molecule has 30 heavy (non-hydrogen) atoms. The fourth-order valence-corrected chi connectivity index (χ4v) is 3.97. The maximum atomic E-state index is 13.0. The van der Waals surface area contributed by atoms with Crippen LogP contribution in [0.4, 0.5) is 18.9 Å². The number of halogens is 3. The van der Waals surface area contributed by atoms with E-state index in [1.54, 1.807) is 6.07 Å². The highest BCUT2D eigenvalue weighted by molar-refractivity contribution is 5.80. The molecule has 1 N–H and O–H groups in total. The molecule has 2 aliphatic heterocycles. The van der Waals surface area contributed by atoms with Gasteiger partial charge in [0.1, 0.15) is 0 Å². The lowest BCUT2D eigenvalue weighted by atomic mass is 10.1. The largest absolute Gasteiger partial charge is 0.416 e. The first-order chi connectivity index (χ1) is 14.3. The molecule has 0 aliphatic carbocycles. The molecule has 0 aromatic heterocycles. The quantitative estimate of drug-likeness (QED) is 0.589.